The molecule has 0 saturated heterocycles. The topological polar surface area (TPSA) is 61.0 Å². The lowest BCUT2D eigenvalue weighted by atomic mass is 9.85. The average molecular weight is 674 g/mol. The number of para-hydroxylation sites is 1. The van der Waals surface area contributed by atoms with Gasteiger partial charge in [-0.3, -0.25) is 0 Å². The Morgan fingerprint density at radius 3 is 2.16 bits per heavy atom. The van der Waals surface area contributed by atoms with Crippen molar-refractivity contribution in [2.45, 2.75) is 12.0 Å². The van der Waals surface area contributed by atoms with Gasteiger partial charge in [0.2, 0.25) is 0 Å². The summed E-state index contributed by atoms with van der Waals surface area (Å²) in [4.78, 5) is 15.7. The molecule has 6 heteroatoms. The third-order valence-corrected chi connectivity index (χ3v) is 11.2. The summed E-state index contributed by atoms with van der Waals surface area (Å²) in [6.07, 6.45) is 8.45. The molecule has 0 N–H and O–H groups in total. The van der Waals surface area contributed by atoms with Crippen molar-refractivity contribution < 1.29 is 9.15 Å². The van der Waals surface area contributed by atoms with E-state index in [4.69, 9.17) is 24.1 Å². The van der Waals surface area contributed by atoms with Gasteiger partial charge in [-0.15, -0.1) is 11.3 Å². The van der Waals surface area contributed by atoms with Crippen molar-refractivity contribution in [3.8, 4) is 51.0 Å². The van der Waals surface area contributed by atoms with Crippen LogP contribution in [0.4, 0.5) is 0 Å². The Bertz CT molecular complexity index is 2920. The van der Waals surface area contributed by atoms with Crippen molar-refractivity contribution >= 4 is 53.4 Å². The Balaban J connectivity index is 1.18. The molecule has 0 fully saturated rings. The molecule has 5 nitrogen and oxygen atoms in total. The highest BCUT2D eigenvalue weighted by atomic mass is 32.1. The first-order chi connectivity index (χ1) is 25.2. The molecule has 9 aromatic rings. The summed E-state index contributed by atoms with van der Waals surface area (Å²) in [5.74, 6) is 2.72. The second-order valence-electron chi connectivity index (χ2n) is 13.1. The highest BCUT2D eigenvalue weighted by Crippen LogP contribution is 2.50. The summed E-state index contributed by atoms with van der Waals surface area (Å²) in [7, 11) is 0. The highest BCUT2D eigenvalue weighted by Gasteiger charge is 2.37. The predicted molar refractivity (Wildman–Crippen MR) is 207 cm³/mol. The Morgan fingerprint density at radius 2 is 1.24 bits per heavy atom. The lowest BCUT2D eigenvalue weighted by molar-refractivity contribution is 0.269. The van der Waals surface area contributed by atoms with E-state index in [1.807, 2.05) is 59.9 Å². The smallest absolute Gasteiger partial charge is 0.165 e. The summed E-state index contributed by atoms with van der Waals surface area (Å²) >= 11 is 1.82. The molecule has 0 radical (unpaired) electrons. The molecule has 2 atom stereocenters. The van der Waals surface area contributed by atoms with Crippen LogP contribution in [0.15, 0.2) is 156 Å². The molecule has 3 aromatic heterocycles. The van der Waals surface area contributed by atoms with Gasteiger partial charge in [-0.25, -0.2) is 15.0 Å². The van der Waals surface area contributed by atoms with Gasteiger partial charge in [-0.2, -0.15) is 0 Å². The van der Waals surface area contributed by atoms with Gasteiger partial charge < -0.3 is 9.15 Å². The van der Waals surface area contributed by atoms with Crippen LogP contribution in [-0.2, 0) is 0 Å². The van der Waals surface area contributed by atoms with Crippen LogP contribution >= 0.6 is 11.3 Å². The van der Waals surface area contributed by atoms with E-state index in [-0.39, 0.29) is 12.0 Å². The normalized spacial score (nSPS) is 16.2. The van der Waals surface area contributed by atoms with Crippen LogP contribution in [0, 0.1) is 0 Å². The van der Waals surface area contributed by atoms with Crippen molar-refractivity contribution in [3.63, 3.8) is 0 Å². The zero-order chi connectivity index (χ0) is 33.5. The first-order valence-corrected chi connectivity index (χ1v) is 17.9. The van der Waals surface area contributed by atoms with Gasteiger partial charge in [0.05, 0.1) is 0 Å². The number of thiophene rings is 1. The maximum atomic E-state index is 6.57. The number of fused-ring (bicyclic) bond motifs is 9. The van der Waals surface area contributed by atoms with Gasteiger partial charge in [0.15, 0.2) is 17.5 Å². The van der Waals surface area contributed by atoms with Crippen molar-refractivity contribution in [1.82, 2.24) is 15.0 Å². The number of furan rings is 1. The monoisotopic (exact) mass is 673 g/mol. The summed E-state index contributed by atoms with van der Waals surface area (Å²) in [5, 5.41) is 4.64. The first-order valence-electron chi connectivity index (χ1n) is 17.1. The van der Waals surface area contributed by atoms with Crippen LogP contribution in [0.25, 0.3) is 87.4 Å². The molecule has 1 aliphatic carbocycles. The minimum Gasteiger partial charge on any atom is -0.485 e. The fourth-order valence-electron chi connectivity index (χ4n) is 7.71. The van der Waals surface area contributed by atoms with Gasteiger partial charge in [0.1, 0.15) is 23.0 Å². The molecule has 0 spiro atoms. The van der Waals surface area contributed by atoms with Gasteiger partial charge in [-0.1, -0.05) is 97.1 Å². The molecule has 0 saturated carbocycles. The Kier molecular flexibility index (Phi) is 6.18. The standard InChI is InChI=1S/C45H27N3O2S/c1-2-10-26(11-3-1)43-46-44(28-19-22-37-34(24-28)30-12-4-7-15-35(30)49-37)48-45(47-43)42-29(21-23-38-41(42)33-14-5-8-16-36(33)50-38)27-18-20-32-31-13-6-9-17-39(31)51-40(32)25-27/h1-25,33,36H. The Morgan fingerprint density at radius 1 is 0.510 bits per heavy atom. The summed E-state index contributed by atoms with van der Waals surface area (Å²) < 4.78 is 15.3. The van der Waals surface area contributed by atoms with Crippen LogP contribution in [0.2, 0.25) is 0 Å². The SMILES string of the molecule is C1=CC2Oc3ccc(-c4ccc5c(c4)sc4ccccc45)c(-c4nc(-c5ccccc5)nc(-c5ccc6oc7ccccc7c6c5)n4)c3C2C=C1. The molecule has 51 heavy (non-hydrogen) atoms. The molecule has 2 aliphatic rings. The van der Waals surface area contributed by atoms with E-state index in [9.17, 15) is 0 Å². The lowest BCUT2D eigenvalue weighted by Gasteiger charge is -2.18. The van der Waals surface area contributed by atoms with Gasteiger partial charge in [0.25, 0.3) is 0 Å². The fraction of sp³-hybridized carbons (Fsp3) is 0.0444. The Hall–Kier alpha value is -6.37. The number of rotatable bonds is 4. The maximum Gasteiger partial charge on any atom is 0.165 e. The van der Waals surface area contributed by atoms with Crippen molar-refractivity contribution in [2.75, 3.05) is 0 Å². The van der Waals surface area contributed by atoms with E-state index in [0.717, 1.165) is 61.1 Å². The lowest BCUT2D eigenvalue weighted by Crippen LogP contribution is -2.16. The summed E-state index contributed by atoms with van der Waals surface area (Å²) in [6.45, 7) is 0. The zero-order valence-corrected chi connectivity index (χ0v) is 28.0. The molecule has 2 unspecified atom stereocenters. The second-order valence-corrected chi connectivity index (χ2v) is 14.2. The molecule has 240 valence electrons. The minimum absolute atomic E-state index is 0.0297. The molecule has 6 aromatic carbocycles. The largest absolute Gasteiger partial charge is 0.485 e. The molecule has 0 amide bonds. The average Bonchev–Trinajstić information content (AvgIpc) is 3.88. The van der Waals surface area contributed by atoms with E-state index in [0.29, 0.717) is 17.5 Å². The fourth-order valence-corrected chi connectivity index (χ4v) is 8.86. The van der Waals surface area contributed by atoms with Crippen LogP contribution in [0.5, 0.6) is 5.75 Å². The molecule has 1 aliphatic heterocycles. The van der Waals surface area contributed by atoms with E-state index in [1.165, 1.54) is 20.2 Å². The molecule has 0 bridgehead atoms. The molecule has 4 heterocycles. The third kappa shape index (κ3) is 4.50. The van der Waals surface area contributed by atoms with Gasteiger partial charge >= 0.3 is 0 Å². The Labute approximate surface area is 296 Å². The summed E-state index contributed by atoms with van der Waals surface area (Å²) in [5.41, 5.74) is 7.75. The van der Waals surface area contributed by atoms with E-state index >= 15 is 0 Å². The highest BCUT2D eigenvalue weighted by molar-refractivity contribution is 7.25. The van der Waals surface area contributed by atoms with Crippen LogP contribution in [0.1, 0.15) is 11.5 Å². The van der Waals surface area contributed by atoms with E-state index in [2.05, 4.69) is 103 Å². The summed E-state index contributed by atoms with van der Waals surface area (Å²) in [6, 6.07) is 44.2. The maximum absolute atomic E-state index is 6.57. The first kappa shape index (κ1) is 28.5. The zero-order valence-electron chi connectivity index (χ0n) is 27.2. The third-order valence-electron chi connectivity index (χ3n) is 10.1. The molecular weight excluding hydrogens is 647 g/mol. The number of aromatic nitrogens is 3. The number of benzene rings is 6. The predicted octanol–water partition coefficient (Wildman–Crippen LogP) is 11.8. The number of nitrogens with zero attached hydrogens (tertiary/aromatic N) is 3. The number of hydrogen-bond acceptors (Lipinski definition) is 6. The van der Waals surface area contributed by atoms with E-state index < -0.39 is 0 Å². The van der Waals surface area contributed by atoms with E-state index in [1.54, 1.807) is 0 Å². The van der Waals surface area contributed by atoms with Crippen molar-refractivity contribution in [1.29, 1.82) is 0 Å². The van der Waals surface area contributed by atoms with Crippen molar-refractivity contribution in [2.24, 2.45) is 0 Å². The second kappa shape index (κ2) is 11.1. The quantitative estimate of drug-likeness (QED) is 0.186. The van der Waals surface area contributed by atoms with Gasteiger partial charge in [-0.05, 0) is 65.7 Å². The van der Waals surface area contributed by atoms with Crippen LogP contribution in [-0.4, -0.2) is 21.1 Å². The molecular formula is C45H27N3O2S. The van der Waals surface area contributed by atoms with Gasteiger partial charge in [0, 0.05) is 59.1 Å². The van der Waals surface area contributed by atoms with Crippen molar-refractivity contribution in [3.05, 3.63) is 157 Å². The number of ether oxygens (including phenoxy) is 1. The molecule has 11 rings (SSSR count). The minimum atomic E-state index is -0.0873. The van der Waals surface area contributed by atoms with Crippen LogP contribution < -0.4 is 4.74 Å². The number of allylic oxidation sites excluding steroid dienone is 2. The van der Waals surface area contributed by atoms with Crippen LogP contribution in [0.3, 0.4) is 0 Å². The number of hydrogen-bond donors (Lipinski definition) is 0.